The highest BCUT2D eigenvalue weighted by Crippen LogP contribution is 2.21. The maximum atomic E-state index is 12.3. The van der Waals surface area contributed by atoms with Crippen molar-refractivity contribution in [2.24, 2.45) is 0 Å². The summed E-state index contributed by atoms with van der Waals surface area (Å²) in [5.74, 6) is -0.321. The zero-order valence-corrected chi connectivity index (χ0v) is 16.5. The molecule has 0 saturated carbocycles. The Labute approximate surface area is 163 Å². The van der Waals surface area contributed by atoms with E-state index in [9.17, 15) is 13.2 Å². The number of ether oxygens (including phenoxy) is 1. The van der Waals surface area contributed by atoms with Crippen LogP contribution in [0.1, 0.15) is 10.7 Å². The summed E-state index contributed by atoms with van der Waals surface area (Å²) in [6.07, 6.45) is -0.0112. The zero-order chi connectivity index (χ0) is 19.3. The van der Waals surface area contributed by atoms with Gasteiger partial charge >= 0.3 is 0 Å². The van der Waals surface area contributed by atoms with E-state index in [0.717, 1.165) is 11.3 Å². The largest absolute Gasteiger partial charge is 0.377 e. The standard InChI is InChI=1S/C15H15N5O4S3/c1-24-8-13-18-19-14(26-13)17-12(21)7-10-9-25-15(16-10)20-27(22,23)11-5-3-2-4-6-11/h2-6,9H,7-8H2,1H3,(H,16,20)(H,17,19,21). The van der Waals surface area contributed by atoms with Crippen molar-refractivity contribution in [2.75, 3.05) is 17.1 Å². The van der Waals surface area contributed by atoms with Crippen molar-refractivity contribution in [3.63, 3.8) is 0 Å². The highest BCUT2D eigenvalue weighted by molar-refractivity contribution is 7.93. The second-order valence-corrected chi connectivity index (χ2v) is 8.82. The van der Waals surface area contributed by atoms with Gasteiger partial charge in [-0.1, -0.05) is 29.5 Å². The van der Waals surface area contributed by atoms with Gasteiger partial charge in [0, 0.05) is 12.5 Å². The van der Waals surface area contributed by atoms with Crippen LogP contribution in [0.5, 0.6) is 0 Å². The number of hydrogen-bond acceptors (Lipinski definition) is 9. The van der Waals surface area contributed by atoms with Crippen molar-refractivity contribution in [3.8, 4) is 0 Å². The maximum Gasteiger partial charge on any atom is 0.263 e. The Bertz CT molecular complexity index is 1020. The molecule has 0 aliphatic heterocycles. The lowest BCUT2D eigenvalue weighted by Gasteiger charge is -2.04. The van der Waals surface area contributed by atoms with Crippen LogP contribution in [0.2, 0.25) is 0 Å². The van der Waals surface area contributed by atoms with E-state index < -0.39 is 10.0 Å². The van der Waals surface area contributed by atoms with Gasteiger partial charge in [-0.3, -0.25) is 9.52 Å². The molecule has 0 aliphatic carbocycles. The number of methoxy groups -OCH3 is 1. The van der Waals surface area contributed by atoms with E-state index in [-0.39, 0.29) is 22.4 Å². The predicted octanol–water partition coefficient (Wildman–Crippen LogP) is 2.12. The molecule has 3 aromatic rings. The summed E-state index contributed by atoms with van der Waals surface area (Å²) in [4.78, 5) is 16.4. The second kappa shape index (κ2) is 8.52. The van der Waals surface area contributed by atoms with Crippen LogP contribution in [0.25, 0.3) is 0 Å². The van der Waals surface area contributed by atoms with E-state index in [2.05, 4.69) is 25.2 Å². The minimum Gasteiger partial charge on any atom is -0.377 e. The molecule has 0 spiro atoms. The number of amides is 1. The van der Waals surface area contributed by atoms with Gasteiger partial charge in [0.25, 0.3) is 10.0 Å². The molecule has 2 aromatic heterocycles. The third-order valence-electron chi connectivity index (χ3n) is 3.15. The summed E-state index contributed by atoms with van der Waals surface area (Å²) < 4.78 is 31.9. The third kappa shape index (κ3) is 5.29. The molecule has 9 nitrogen and oxygen atoms in total. The van der Waals surface area contributed by atoms with Gasteiger partial charge in [0.2, 0.25) is 11.0 Å². The number of aromatic nitrogens is 3. The molecule has 3 rings (SSSR count). The molecule has 142 valence electrons. The molecule has 2 N–H and O–H groups in total. The number of benzene rings is 1. The molecule has 1 aromatic carbocycles. The summed E-state index contributed by atoms with van der Waals surface area (Å²) in [5, 5.41) is 13.2. The predicted molar refractivity (Wildman–Crippen MR) is 102 cm³/mol. The smallest absolute Gasteiger partial charge is 0.263 e. The second-order valence-electron chi connectivity index (χ2n) is 5.22. The average Bonchev–Trinajstić information content (AvgIpc) is 3.25. The number of rotatable bonds is 8. The Morgan fingerprint density at radius 3 is 2.70 bits per heavy atom. The topological polar surface area (TPSA) is 123 Å². The van der Waals surface area contributed by atoms with Crippen LogP contribution in [-0.4, -0.2) is 36.6 Å². The van der Waals surface area contributed by atoms with E-state index in [1.807, 2.05) is 0 Å². The van der Waals surface area contributed by atoms with E-state index in [1.54, 1.807) is 30.7 Å². The van der Waals surface area contributed by atoms with Gasteiger partial charge in [0.05, 0.1) is 17.0 Å². The van der Waals surface area contributed by atoms with Crippen LogP contribution in [0.15, 0.2) is 40.6 Å². The molecule has 0 atom stereocenters. The fourth-order valence-corrected chi connectivity index (χ4v) is 4.73. The monoisotopic (exact) mass is 425 g/mol. The molecule has 0 saturated heterocycles. The van der Waals surface area contributed by atoms with Crippen LogP contribution in [0.4, 0.5) is 10.3 Å². The number of hydrogen-bond donors (Lipinski definition) is 2. The molecule has 1 amide bonds. The minimum absolute atomic E-state index is 0.0112. The molecule has 0 unspecified atom stereocenters. The highest BCUT2D eigenvalue weighted by atomic mass is 32.2. The SMILES string of the molecule is COCc1nnc(NC(=O)Cc2csc(NS(=O)(=O)c3ccccc3)n2)s1. The van der Waals surface area contributed by atoms with Crippen molar-refractivity contribution < 1.29 is 17.9 Å². The first-order valence-corrected chi connectivity index (χ1v) is 10.8. The number of anilines is 2. The summed E-state index contributed by atoms with van der Waals surface area (Å²) in [7, 11) is -2.16. The van der Waals surface area contributed by atoms with Crippen molar-refractivity contribution in [1.29, 1.82) is 0 Å². The Morgan fingerprint density at radius 2 is 1.96 bits per heavy atom. The first-order valence-electron chi connectivity index (χ1n) is 7.60. The third-order valence-corrected chi connectivity index (χ3v) is 6.25. The van der Waals surface area contributed by atoms with Gasteiger partial charge in [-0.05, 0) is 12.1 Å². The lowest BCUT2D eigenvalue weighted by molar-refractivity contribution is -0.115. The Kier molecular flexibility index (Phi) is 6.11. The number of nitrogens with one attached hydrogen (secondary N) is 2. The molecule has 0 bridgehead atoms. The average molecular weight is 426 g/mol. The van der Waals surface area contributed by atoms with Gasteiger partial charge < -0.3 is 10.1 Å². The van der Waals surface area contributed by atoms with Crippen molar-refractivity contribution in [3.05, 3.63) is 46.4 Å². The van der Waals surface area contributed by atoms with Gasteiger partial charge in [0.1, 0.15) is 11.6 Å². The van der Waals surface area contributed by atoms with Crippen LogP contribution in [0, 0.1) is 0 Å². The molecule has 0 radical (unpaired) electrons. The molecule has 12 heteroatoms. The van der Waals surface area contributed by atoms with Crippen molar-refractivity contribution in [2.45, 2.75) is 17.9 Å². The normalized spacial score (nSPS) is 11.3. The van der Waals surface area contributed by atoms with Gasteiger partial charge in [-0.15, -0.1) is 21.5 Å². The first kappa shape index (κ1) is 19.4. The number of carbonyl (C=O) groups excluding carboxylic acids is 1. The zero-order valence-electron chi connectivity index (χ0n) is 14.1. The first-order chi connectivity index (χ1) is 13.0. The molecule has 0 fully saturated rings. The van der Waals surface area contributed by atoms with Gasteiger partial charge in [-0.2, -0.15) is 0 Å². The summed E-state index contributed by atoms with van der Waals surface area (Å²) in [6.45, 7) is 0.324. The van der Waals surface area contributed by atoms with E-state index in [4.69, 9.17) is 4.74 Å². The van der Waals surface area contributed by atoms with E-state index in [0.29, 0.717) is 22.4 Å². The number of thiazole rings is 1. The number of sulfonamides is 1. The fourth-order valence-electron chi connectivity index (χ4n) is 2.02. The Morgan fingerprint density at radius 1 is 1.19 bits per heavy atom. The Balaban J connectivity index is 1.59. The van der Waals surface area contributed by atoms with Crippen molar-refractivity contribution in [1.82, 2.24) is 15.2 Å². The van der Waals surface area contributed by atoms with Crippen LogP contribution in [-0.2, 0) is 32.6 Å². The quantitative estimate of drug-likeness (QED) is 0.566. The van der Waals surface area contributed by atoms with Crippen LogP contribution >= 0.6 is 22.7 Å². The fraction of sp³-hybridized carbons (Fsp3) is 0.200. The molecular weight excluding hydrogens is 410 g/mol. The molecule has 27 heavy (non-hydrogen) atoms. The van der Waals surface area contributed by atoms with Gasteiger partial charge in [0.15, 0.2) is 5.13 Å². The van der Waals surface area contributed by atoms with Crippen molar-refractivity contribution >= 4 is 48.9 Å². The van der Waals surface area contributed by atoms with E-state index >= 15 is 0 Å². The number of carbonyl (C=O) groups is 1. The molecule has 0 aliphatic rings. The lowest BCUT2D eigenvalue weighted by atomic mass is 10.3. The minimum atomic E-state index is -3.71. The summed E-state index contributed by atoms with van der Waals surface area (Å²) in [6, 6.07) is 7.99. The van der Waals surface area contributed by atoms with Gasteiger partial charge in [-0.25, -0.2) is 13.4 Å². The van der Waals surface area contributed by atoms with Crippen LogP contribution in [0.3, 0.4) is 0 Å². The lowest BCUT2D eigenvalue weighted by Crippen LogP contribution is -2.15. The summed E-state index contributed by atoms with van der Waals surface area (Å²) >= 11 is 2.33. The number of nitrogens with zero attached hydrogens (tertiary/aromatic N) is 3. The molecule has 2 heterocycles. The van der Waals surface area contributed by atoms with E-state index in [1.165, 1.54) is 23.5 Å². The summed E-state index contributed by atoms with van der Waals surface area (Å²) in [5.41, 5.74) is 0.449. The maximum absolute atomic E-state index is 12.3. The Hall–Kier alpha value is -2.41. The van der Waals surface area contributed by atoms with Crippen LogP contribution < -0.4 is 10.0 Å². The molecular formula is C15H15N5O4S3. The highest BCUT2D eigenvalue weighted by Gasteiger charge is 2.17.